The first-order valence-electron chi connectivity index (χ1n) is 42.9. The van der Waals surface area contributed by atoms with Gasteiger partial charge in [0.15, 0.2) is 0 Å². The largest absolute Gasteiger partial charge is 0.223 e. The van der Waals surface area contributed by atoms with Gasteiger partial charge in [-0.1, -0.05) is 334 Å². The van der Waals surface area contributed by atoms with E-state index in [-0.39, 0.29) is 56.2 Å². The van der Waals surface area contributed by atoms with Gasteiger partial charge in [0.05, 0.1) is 62.9 Å². The molecule has 0 saturated carbocycles. The van der Waals surface area contributed by atoms with Crippen molar-refractivity contribution < 1.29 is 6.85 Å². The molecule has 19 aromatic carbocycles. The lowest BCUT2D eigenvalue weighted by atomic mass is 9.98. The van der Waals surface area contributed by atoms with Crippen LogP contribution in [0.2, 0.25) is 26.4 Å². The van der Waals surface area contributed by atoms with Gasteiger partial charge in [0, 0.05) is 102 Å². The van der Waals surface area contributed by atoms with Crippen LogP contribution >= 0.6 is 69.3 Å². The van der Waals surface area contributed by atoms with E-state index < -0.39 is 6.04 Å². The van der Waals surface area contributed by atoms with Crippen molar-refractivity contribution in [1.29, 1.82) is 0 Å². The molecule has 25 aromatic rings. The van der Waals surface area contributed by atoms with Crippen molar-refractivity contribution in [3.63, 3.8) is 0 Å². The second-order valence-electron chi connectivity index (χ2n) is 30.0. The maximum atomic E-state index is 8.28. The molecule has 6 heterocycles. The minimum absolute atomic E-state index is 0.108. The zero-order valence-electron chi connectivity index (χ0n) is 71.4. The lowest BCUT2D eigenvalue weighted by Crippen LogP contribution is -1.93. The van der Waals surface area contributed by atoms with E-state index >= 15 is 0 Å². The van der Waals surface area contributed by atoms with Crippen molar-refractivity contribution in [2.24, 2.45) is 0 Å². The van der Waals surface area contributed by atoms with E-state index in [0.29, 0.717) is 16.8 Å². The van der Waals surface area contributed by atoms with Crippen LogP contribution in [0.4, 0.5) is 0 Å². The van der Waals surface area contributed by atoms with Gasteiger partial charge >= 0.3 is 0 Å². The number of fused-ring (bicyclic) bond motifs is 20. The second kappa shape index (κ2) is 34.2. The molecule has 0 atom stereocenters. The van der Waals surface area contributed by atoms with Gasteiger partial charge in [0.25, 0.3) is 0 Å². The van der Waals surface area contributed by atoms with Crippen LogP contribution < -0.4 is 0 Å². The quantitative estimate of drug-likeness (QED) is 0.117. The van der Waals surface area contributed by atoms with Crippen LogP contribution in [0.25, 0.3) is 218 Å². The third-order valence-electron chi connectivity index (χ3n) is 22.5. The first kappa shape index (κ1) is 73.0. The maximum absolute atomic E-state index is 8.28. The molecule has 0 saturated heterocycles. The molecule has 0 amide bonds. The van der Waals surface area contributed by atoms with E-state index in [1.807, 2.05) is 157 Å². The SMILES string of the molecule is Clc1nc(-c2ccc3ccccc3c2)c2ccc3ccccc3c2n1.Clc1nc(-c2ccc3sc4ccccc4c3c2)c2ccc3ccccc3c2n1.Clc1nc(-c2cccc3ccccc23)c2ccc3ccccc3c2n1.Clc1nc(-c2ccccc2)c2ccc3ccccc3c2n1.[2H]c1c([2H])c([2H])c(-c2cccc(-c3nc(Cl)nc4c3ccc3ccccc34)c2)c([2H])c1[2H]. The van der Waals surface area contributed by atoms with Gasteiger partial charge in [-0.15, -0.1) is 11.3 Å². The van der Waals surface area contributed by atoms with Crippen molar-refractivity contribution in [2.75, 3.05) is 0 Å². The van der Waals surface area contributed by atoms with Gasteiger partial charge in [0.1, 0.15) is 0 Å². The summed E-state index contributed by atoms with van der Waals surface area (Å²) in [5.74, 6) is 0. The lowest BCUT2D eigenvalue weighted by Gasteiger charge is -2.11. The summed E-state index contributed by atoms with van der Waals surface area (Å²) in [6.45, 7) is 0. The highest BCUT2D eigenvalue weighted by atomic mass is 35.5. The third kappa shape index (κ3) is 15.4. The minimum atomic E-state index is -0.416. The van der Waals surface area contributed by atoms with Crippen LogP contribution in [0.5, 0.6) is 0 Å². The molecule has 0 bridgehead atoms. The summed E-state index contributed by atoms with van der Waals surface area (Å²) < 4.78 is 42.9. The fraction of sp³-hybridized carbons (Fsp3) is 0. The van der Waals surface area contributed by atoms with Crippen LogP contribution in [-0.2, 0) is 0 Å². The van der Waals surface area contributed by atoms with E-state index in [1.54, 1.807) is 18.2 Å². The summed E-state index contributed by atoms with van der Waals surface area (Å²) in [6.07, 6.45) is 0. The molecule has 0 fully saturated rings. The van der Waals surface area contributed by atoms with E-state index in [2.05, 4.69) is 250 Å². The van der Waals surface area contributed by atoms with Crippen LogP contribution in [-0.4, -0.2) is 49.8 Å². The van der Waals surface area contributed by atoms with Crippen molar-refractivity contribution in [1.82, 2.24) is 49.8 Å². The Kier molecular flexibility index (Phi) is 19.8. The standard InChI is InChI=1S/C24H13ClN2S.C24H15ClN2.2C22H13ClN2.C18H11ClN2/c25-24-26-22(18-11-9-14-5-1-2-6-16(14)23(18)27-24)15-10-12-21-19(13-15)17-7-3-4-8-20(17)28-21;25-24-26-22(19-11-6-10-18(15-19)16-7-2-1-3-8-16)21-14-13-17-9-4-5-12-20(17)23(21)27-24;23-22-24-20-17-10-4-2-7-15(17)12-13-19(20)21(25-22)18-11-5-8-14-6-1-3-9-16(14)18;23-22-24-20(17-10-9-14-5-1-2-7-16(14)13-17)19-12-11-15-6-3-4-8-18(15)21(19)25-22;19-18-20-16(13-7-2-1-3-8-13)15-11-10-12-6-4-5-9-14(12)17(15)21-18/h1-13H;1-15H;2*1-13H;1-11H/i;1D,2D,3D,7D,8D;;;. The molecular formula is C110H65Cl5N10S. The predicted octanol–water partition coefficient (Wildman–Crippen LogP) is 31.9. The number of aromatic nitrogens is 10. The fourth-order valence-electron chi connectivity index (χ4n) is 16.7. The number of thiophene rings is 1. The fourth-order valence-corrected chi connectivity index (χ4v) is 18.7. The topological polar surface area (TPSA) is 129 Å². The van der Waals surface area contributed by atoms with E-state index in [9.17, 15) is 0 Å². The van der Waals surface area contributed by atoms with Gasteiger partial charge in [-0.25, -0.2) is 49.8 Å². The third-order valence-corrected chi connectivity index (χ3v) is 24.5. The summed E-state index contributed by atoms with van der Waals surface area (Å²) in [7, 11) is 0. The van der Waals surface area contributed by atoms with Crippen LogP contribution in [0.15, 0.2) is 394 Å². The Hall–Kier alpha value is -14.6. The molecule has 0 spiro atoms. The van der Waals surface area contributed by atoms with Gasteiger partial charge in [-0.05, 0) is 178 Å². The number of hydrogen-bond acceptors (Lipinski definition) is 11. The summed E-state index contributed by atoms with van der Waals surface area (Å²) in [5.41, 5.74) is 14.0. The van der Waals surface area contributed by atoms with Crippen LogP contribution in [0.1, 0.15) is 6.85 Å². The number of halogens is 5. The molecule has 0 N–H and O–H groups in total. The average Bonchev–Trinajstić information content (AvgIpc) is 1.74. The van der Waals surface area contributed by atoms with Crippen molar-refractivity contribution in [2.45, 2.75) is 0 Å². The van der Waals surface area contributed by atoms with Gasteiger partial charge in [0.2, 0.25) is 26.4 Å². The normalized spacial score (nSPS) is 11.9. The zero-order valence-corrected chi connectivity index (χ0v) is 71.0. The van der Waals surface area contributed by atoms with Crippen molar-refractivity contribution >= 4 is 219 Å². The molecule has 596 valence electrons. The maximum Gasteiger partial charge on any atom is 0.223 e. The minimum Gasteiger partial charge on any atom is -0.217 e. The zero-order chi connectivity index (χ0) is 89.1. The Morgan fingerprint density at radius 1 is 0.183 bits per heavy atom. The van der Waals surface area contributed by atoms with E-state index in [4.69, 9.17) is 64.9 Å². The molecule has 0 aliphatic carbocycles. The van der Waals surface area contributed by atoms with E-state index in [1.165, 1.54) is 36.3 Å². The Bertz CT molecular complexity index is 8910. The molecule has 0 aliphatic rings. The summed E-state index contributed by atoms with van der Waals surface area (Å²) >= 11 is 33.2. The molecule has 0 unspecified atom stereocenters. The Morgan fingerprint density at radius 2 is 0.492 bits per heavy atom. The van der Waals surface area contributed by atoms with Crippen molar-refractivity contribution in [3.05, 3.63) is 421 Å². The van der Waals surface area contributed by atoms with Crippen LogP contribution in [0, 0.1) is 0 Å². The number of nitrogens with zero attached hydrogens (tertiary/aromatic N) is 10. The number of hydrogen-bond donors (Lipinski definition) is 0. The Labute approximate surface area is 758 Å². The molecule has 0 radical (unpaired) electrons. The molecule has 25 rings (SSSR count). The summed E-state index contributed by atoms with van der Waals surface area (Å²) in [4.78, 5) is 45.1. The van der Waals surface area contributed by atoms with Gasteiger partial charge < -0.3 is 0 Å². The highest BCUT2D eigenvalue weighted by Gasteiger charge is 2.20. The average molecular weight is 1740 g/mol. The molecule has 126 heavy (non-hydrogen) atoms. The first-order valence-corrected chi connectivity index (χ1v) is 43.2. The highest BCUT2D eigenvalue weighted by molar-refractivity contribution is 7.25. The molecule has 16 heteroatoms. The van der Waals surface area contributed by atoms with Crippen LogP contribution in [0.3, 0.4) is 0 Å². The molecule has 6 aromatic heterocycles. The monoisotopic (exact) mass is 1740 g/mol. The van der Waals surface area contributed by atoms with Crippen molar-refractivity contribution in [3.8, 4) is 67.4 Å². The first-order chi connectivity index (χ1) is 64.1. The highest BCUT2D eigenvalue weighted by Crippen LogP contribution is 2.43. The molecular weight excluding hydrogens is 1670 g/mol. The van der Waals surface area contributed by atoms with Gasteiger partial charge in [-0.2, -0.15) is 0 Å². The predicted molar refractivity (Wildman–Crippen MR) is 531 cm³/mol. The number of rotatable bonds is 6. The van der Waals surface area contributed by atoms with Gasteiger partial charge in [-0.3, -0.25) is 0 Å². The molecule has 0 aliphatic heterocycles. The smallest absolute Gasteiger partial charge is 0.217 e. The lowest BCUT2D eigenvalue weighted by molar-refractivity contribution is 1.23. The Balaban J connectivity index is 0.0000000995. The van der Waals surface area contributed by atoms with E-state index in [0.717, 1.165) is 159 Å². The summed E-state index contributed by atoms with van der Waals surface area (Å²) in [5, 5.41) is 24.3. The Morgan fingerprint density at radius 3 is 0.960 bits per heavy atom. The number of benzene rings is 19. The summed E-state index contributed by atoms with van der Waals surface area (Å²) in [6, 6.07) is 121. The second-order valence-corrected chi connectivity index (χ2v) is 32.7. The molecule has 10 nitrogen and oxygen atoms in total.